The van der Waals surface area contributed by atoms with Crippen LogP contribution in [0.1, 0.15) is 57.5 Å². The highest BCUT2D eigenvalue weighted by molar-refractivity contribution is 5.96. The van der Waals surface area contributed by atoms with Gasteiger partial charge in [-0.15, -0.1) is 0 Å². The fourth-order valence-corrected chi connectivity index (χ4v) is 5.33. The average Bonchev–Trinajstić information content (AvgIpc) is 3.27. The number of carbonyl (C=O) groups excluding carboxylic acids is 1. The molecular weight excluding hydrogens is 409 g/mol. The smallest absolute Gasteiger partial charge is 0.276 e. The average molecular weight is 433 g/mol. The molecule has 2 aliphatic rings. The Hall–Kier alpha value is -3.48. The molecule has 1 fully saturated rings. The lowest BCUT2D eigenvalue weighted by atomic mass is 9.78. The highest BCUT2D eigenvalue weighted by atomic mass is 19.1. The normalized spacial score (nSPS) is 20.7. The van der Waals surface area contributed by atoms with E-state index in [4.69, 9.17) is 0 Å². The summed E-state index contributed by atoms with van der Waals surface area (Å²) in [5.74, 6) is -1.77. The fourth-order valence-electron chi connectivity index (χ4n) is 5.33. The highest BCUT2D eigenvalue weighted by Gasteiger charge is 2.48. The largest absolute Gasteiger partial charge is 0.502 e. The Morgan fingerprint density at radius 2 is 1.78 bits per heavy atom. The molecule has 2 aliphatic heterocycles. The molecule has 3 aromatic rings. The van der Waals surface area contributed by atoms with E-state index in [1.54, 1.807) is 24.0 Å². The highest BCUT2D eigenvalue weighted by Crippen LogP contribution is 2.47. The van der Waals surface area contributed by atoms with E-state index in [0.717, 1.165) is 30.2 Å². The summed E-state index contributed by atoms with van der Waals surface area (Å²) in [5, 5.41) is 14.8. The zero-order chi connectivity index (χ0) is 22.6. The van der Waals surface area contributed by atoms with E-state index in [-0.39, 0.29) is 17.6 Å². The minimum absolute atomic E-state index is 0.118. The Labute approximate surface area is 184 Å². The molecule has 2 aromatic carbocycles. The zero-order valence-corrected chi connectivity index (χ0v) is 18.0. The predicted molar refractivity (Wildman–Crippen MR) is 117 cm³/mol. The van der Waals surface area contributed by atoms with Crippen molar-refractivity contribution in [3.05, 3.63) is 92.6 Å². The van der Waals surface area contributed by atoms with Crippen molar-refractivity contribution in [2.24, 2.45) is 0 Å². The van der Waals surface area contributed by atoms with Crippen LogP contribution in [-0.2, 0) is 0 Å². The van der Waals surface area contributed by atoms with Crippen LogP contribution in [0, 0.1) is 19.7 Å². The summed E-state index contributed by atoms with van der Waals surface area (Å²) in [5.41, 5.74) is 2.15. The SMILES string of the molecule is Cc1ccccc1C(c1cccc(C)c1F)[C@H]1[C@H]2CCCN2C(=O)c2c(O)c(=O)cnn21. The number of hydrogen-bond donors (Lipinski definition) is 1. The van der Waals surface area contributed by atoms with Gasteiger partial charge in [-0.25, -0.2) is 4.39 Å². The van der Waals surface area contributed by atoms with Crippen LogP contribution in [0.4, 0.5) is 4.39 Å². The number of nitrogens with zero attached hydrogens (tertiary/aromatic N) is 3. The molecule has 0 radical (unpaired) electrons. The Kier molecular flexibility index (Phi) is 4.84. The molecule has 3 heterocycles. The predicted octanol–water partition coefficient (Wildman–Crippen LogP) is 3.70. The summed E-state index contributed by atoms with van der Waals surface area (Å²) < 4.78 is 17.0. The molecule has 5 rings (SSSR count). The Morgan fingerprint density at radius 3 is 2.56 bits per heavy atom. The molecule has 7 heteroatoms. The molecule has 0 saturated carbocycles. The second-order valence-electron chi connectivity index (χ2n) is 8.66. The van der Waals surface area contributed by atoms with Crippen LogP contribution in [-0.4, -0.2) is 38.3 Å². The molecule has 1 unspecified atom stereocenters. The monoisotopic (exact) mass is 433 g/mol. The number of aromatic hydroxyl groups is 1. The zero-order valence-electron chi connectivity index (χ0n) is 18.0. The molecular formula is C25H24FN3O3. The number of fused-ring (bicyclic) bond motifs is 2. The second kappa shape index (κ2) is 7.58. The third-order valence-corrected chi connectivity index (χ3v) is 6.85. The lowest BCUT2D eigenvalue weighted by Gasteiger charge is -2.43. The van der Waals surface area contributed by atoms with Crippen molar-refractivity contribution in [3.63, 3.8) is 0 Å². The van der Waals surface area contributed by atoms with E-state index in [9.17, 15) is 14.7 Å². The first kappa shape index (κ1) is 20.4. The van der Waals surface area contributed by atoms with Gasteiger partial charge in [0.1, 0.15) is 5.82 Å². The molecule has 0 aliphatic carbocycles. The van der Waals surface area contributed by atoms with E-state index in [1.807, 2.05) is 37.3 Å². The number of hydrogen-bond acceptors (Lipinski definition) is 4. The molecule has 0 bridgehead atoms. The van der Waals surface area contributed by atoms with E-state index in [1.165, 1.54) is 4.68 Å². The maximum Gasteiger partial charge on any atom is 0.276 e. The van der Waals surface area contributed by atoms with Gasteiger partial charge in [0, 0.05) is 12.5 Å². The maximum atomic E-state index is 15.6. The number of benzene rings is 2. The number of aromatic nitrogens is 2. The van der Waals surface area contributed by atoms with Crippen molar-refractivity contribution in [2.75, 3.05) is 6.54 Å². The van der Waals surface area contributed by atoms with Gasteiger partial charge in [-0.1, -0.05) is 42.5 Å². The van der Waals surface area contributed by atoms with Crippen molar-refractivity contribution in [1.82, 2.24) is 14.7 Å². The van der Waals surface area contributed by atoms with Gasteiger partial charge in [-0.3, -0.25) is 14.3 Å². The molecule has 6 nitrogen and oxygen atoms in total. The second-order valence-corrected chi connectivity index (χ2v) is 8.66. The molecule has 1 amide bonds. The summed E-state index contributed by atoms with van der Waals surface area (Å²) >= 11 is 0. The first-order valence-corrected chi connectivity index (χ1v) is 10.8. The first-order chi connectivity index (χ1) is 15.4. The molecule has 1 saturated heterocycles. The fraction of sp³-hybridized carbons (Fsp3) is 0.320. The van der Waals surface area contributed by atoms with Gasteiger partial charge in [-0.2, -0.15) is 5.10 Å². The molecule has 1 aromatic heterocycles. The maximum absolute atomic E-state index is 15.6. The van der Waals surface area contributed by atoms with Crippen molar-refractivity contribution in [2.45, 2.75) is 44.7 Å². The third kappa shape index (κ3) is 2.95. The van der Waals surface area contributed by atoms with Crippen molar-refractivity contribution >= 4 is 5.91 Å². The Balaban J connectivity index is 1.83. The van der Waals surface area contributed by atoms with Crippen LogP contribution in [0.25, 0.3) is 0 Å². The van der Waals surface area contributed by atoms with E-state index in [0.29, 0.717) is 17.7 Å². The first-order valence-electron chi connectivity index (χ1n) is 10.8. The van der Waals surface area contributed by atoms with Gasteiger partial charge >= 0.3 is 0 Å². The molecule has 164 valence electrons. The number of amides is 1. The van der Waals surface area contributed by atoms with Gasteiger partial charge in [0.2, 0.25) is 5.43 Å². The van der Waals surface area contributed by atoms with Gasteiger partial charge in [0.15, 0.2) is 11.4 Å². The number of halogens is 1. The summed E-state index contributed by atoms with van der Waals surface area (Å²) in [6, 6.07) is 12.4. The van der Waals surface area contributed by atoms with Crippen LogP contribution < -0.4 is 5.43 Å². The summed E-state index contributed by atoms with van der Waals surface area (Å²) in [4.78, 5) is 27.0. The van der Waals surface area contributed by atoms with Crippen LogP contribution in [0.15, 0.2) is 53.5 Å². The van der Waals surface area contributed by atoms with E-state index < -0.39 is 29.0 Å². The summed E-state index contributed by atoms with van der Waals surface area (Å²) in [6.07, 6.45) is 2.56. The van der Waals surface area contributed by atoms with Crippen LogP contribution in [0.2, 0.25) is 0 Å². The molecule has 3 atom stereocenters. The van der Waals surface area contributed by atoms with Crippen LogP contribution in [0.5, 0.6) is 5.75 Å². The van der Waals surface area contributed by atoms with Gasteiger partial charge in [0.25, 0.3) is 5.91 Å². The van der Waals surface area contributed by atoms with Gasteiger partial charge in [0.05, 0.1) is 18.3 Å². The molecule has 0 spiro atoms. The van der Waals surface area contributed by atoms with Gasteiger partial charge in [-0.05, 0) is 48.9 Å². The minimum Gasteiger partial charge on any atom is -0.502 e. The summed E-state index contributed by atoms with van der Waals surface area (Å²) in [6.45, 7) is 4.24. The quantitative estimate of drug-likeness (QED) is 0.684. The van der Waals surface area contributed by atoms with Gasteiger partial charge < -0.3 is 10.0 Å². The standard InChI is InChI=1S/C25H24FN3O3/c1-14-7-3-4-9-16(14)20(17-10-5-8-15(2)21(17)26)22-18-11-6-12-28(18)25(32)23-24(31)19(30)13-27-29(22)23/h3-5,7-10,13,18,20,22,31H,6,11-12H2,1-2H3/t18-,20?,22-/m1/s1. The Morgan fingerprint density at radius 1 is 1.06 bits per heavy atom. The molecule has 32 heavy (non-hydrogen) atoms. The Bertz CT molecular complexity index is 1290. The van der Waals surface area contributed by atoms with Crippen molar-refractivity contribution in [3.8, 4) is 5.75 Å². The van der Waals surface area contributed by atoms with Crippen molar-refractivity contribution < 1.29 is 14.3 Å². The van der Waals surface area contributed by atoms with E-state index in [2.05, 4.69) is 5.10 Å². The van der Waals surface area contributed by atoms with Crippen molar-refractivity contribution in [1.29, 1.82) is 0 Å². The number of carbonyl (C=O) groups is 1. The third-order valence-electron chi connectivity index (χ3n) is 6.85. The number of rotatable bonds is 3. The topological polar surface area (TPSA) is 75.4 Å². The van der Waals surface area contributed by atoms with Crippen LogP contribution >= 0.6 is 0 Å². The lowest BCUT2D eigenvalue weighted by Crippen LogP contribution is -2.51. The lowest BCUT2D eigenvalue weighted by molar-refractivity contribution is 0.0564. The number of aryl methyl sites for hydroxylation is 2. The summed E-state index contributed by atoms with van der Waals surface area (Å²) in [7, 11) is 0. The van der Waals surface area contributed by atoms with Crippen LogP contribution in [0.3, 0.4) is 0 Å². The minimum atomic E-state index is -0.699. The van der Waals surface area contributed by atoms with E-state index >= 15 is 4.39 Å². The molecule has 1 N–H and O–H groups in total.